The number of benzene rings is 1. The summed E-state index contributed by atoms with van der Waals surface area (Å²) in [7, 11) is 0. The smallest absolute Gasteiger partial charge is 0.341 e. The van der Waals surface area contributed by atoms with Crippen LogP contribution in [0.1, 0.15) is 10.4 Å². The molecule has 0 saturated carbocycles. The van der Waals surface area contributed by atoms with E-state index < -0.39 is 5.97 Å². The molecular formula is C12H7Br2NO3. The second kappa shape index (κ2) is 5.49. The molecule has 0 unspecified atom stereocenters. The topological polar surface area (TPSA) is 59.4 Å². The van der Waals surface area contributed by atoms with E-state index in [0.29, 0.717) is 10.2 Å². The predicted octanol–water partition coefficient (Wildman–Crippen LogP) is 4.10. The Kier molecular flexibility index (Phi) is 3.98. The summed E-state index contributed by atoms with van der Waals surface area (Å²) in [5.74, 6) is -0.515. The average Bonchev–Trinajstić information content (AvgIpc) is 2.31. The first-order valence-electron chi connectivity index (χ1n) is 4.88. The molecule has 4 nitrogen and oxygen atoms in total. The average molecular weight is 373 g/mol. The lowest BCUT2D eigenvalue weighted by molar-refractivity contribution is 0.0693. The summed E-state index contributed by atoms with van der Waals surface area (Å²) in [6.07, 6.45) is 1.49. The van der Waals surface area contributed by atoms with Gasteiger partial charge < -0.3 is 9.84 Å². The largest absolute Gasteiger partial charge is 0.477 e. The SMILES string of the molecule is O=C(O)c1cc(Br)cnc1Oc1cccc(Br)c1. The Hall–Kier alpha value is -1.40. The number of hydrogen-bond donors (Lipinski definition) is 1. The molecule has 0 spiro atoms. The maximum Gasteiger partial charge on any atom is 0.341 e. The lowest BCUT2D eigenvalue weighted by Gasteiger charge is -2.07. The van der Waals surface area contributed by atoms with Crippen molar-refractivity contribution >= 4 is 37.8 Å². The maximum absolute atomic E-state index is 11.1. The van der Waals surface area contributed by atoms with Gasteiger partial charge in [0.05, 0.1) is 0 Å². The van der Waals surface area contributed by atoms with Gasteiger partial charge in [-0.2, -0.15) is 0 Å². The van der Waals surface area contributed by atoms with Crippen molar-refractivity contribution in [1.29, 1.82) is 0 Å². The van der Waals surface area contributed by atoms with E-state index in [1.54, 1.807) is 18.2 Å². The van der Waals surface area contributed by atoms with Gasteiger partial charge in [0, 0.05) is 15.1 Å². The van der Waals surface area contributed by atoms with Gasteiger partial charge in [0.1, 0.15) is 11.3 Å². The summed E-state index contributed by atoms with van der Waals surface area (Å²) in [4.78, 5) is 15.0. The maximum atomic E-state index is 11.1. The molecule has 0 saturated heterocycles. The van der Waals surface area contributed by atoms with Gasteiger partial charge in [0.25, 0.3) is 0 Å². The summed E-state index contributed by atoms with van der Waals surface area (Å²) >= 11 is 6.48. The van der Waals surface area contributed by atoms with Crippen LogP contribution in [-0.4, -0.2) is 16.1 Å². The number of nitrogens with zero attached hydrogens (tertiary/aromatic N) is 1. The number of aromatic carboxylic acids is 1. The van der Waals surface area contributed by atoms with E-state index in [1.807, 2.05) is 6.07 Å². The minimum Gasteiger partial charge on any atom is -0.477 e. The number of carboxylic acid groups (broad SMARTS) is 1. The van der Waals surface area contributed by atoms with Gasteiger partial charge in [0.15, 0.2) is 0 Å². The zero-order valence-electron chi connectivity index (χ0n) is 8.93. The first-order chi connectivity index (χ1) is 8.56. The standard InChI is InChI=1S/C12H7Br2NO3/c13-7-2-1-3-9(4-7)18-11-10(12(16)17)5-8(14)6-15-11/h1-6H,(H,16,17). The fourth-order valence-corrected chi connectivity index (χ4v) is 2.01. The van der Waals surface area contributed by atoms with Gasteiger partial charge in [-0.15, -0.1) is 0 Å². The lowest BCUT2D eigenvalue weighted by atomic mass is 10.3. The van der Waals surface area contributed by atoms with Crippen LogP contribution >= 0.6 is 31.9 Å². The van der Waals surface area contributed by atoms with Gasteiger partial charge in [-0.3, -0.25) is 0 Å². The minimum atomic E-state index is -1.09. The molecule has 0 aliphatic heterocycles. The first kappa shape index (κ1) is 13.0. The molecule has 18 heavy (non-hydrogen) atoms. The van der Waals surface area contributed by atoms with Crippen LogP contribution in [0.25, 0.3) is 0 Å². The van der Waals surface area contributed by atoms with Gasteiger partial charge in [-0.1, -0.05) is 22.0 Å². The summed E-state index contributed by atoms with van der Waals surface area (Å²) in [6.45, 7) is 0. The molecule has 1 N–H and O–H groups in total. The fourth-order valence-electron chi connectivity index (χ4n) is 1.30. The van der Waals surface area contributed by atoms with Gasteiger partial charge in [0.2, 0.25) is 5.88 Å². The van der Waals surface area contributed by atoms with Crippen LogP contribution in [-0.2, 0) is 0 Å². The number of hydrogen-bond acceptors (Lipinski definition) is 3. The van der Waals surface area contributed by atoms with Crippen molar-refractivity contribution in [3.05, 3.63) is 51.0 Å². The molecular weight excluding hydrogens is 366 g/mol. The highest BCUT2D eigenvalue weighted by atomic mass is 79.9. The highest BCUT2D eigenvalue weighted by Crippen LogP contribution is 2.27. The van der Waals surface area contributed by atoms with Crippen LogP contribution in [0.3, 0.4) is 0 Å². The molecule has 92 valence electrons. The Morgan fingerprint density at radius 2 is 2.00 bits per heavy atom. The van der Waals surface area contributed by atoms with Gasteiger partial charge in [-0.05, 0) is 40.2 Å². The van der Waals surface area contributed by atoms with E-state index in [0.717, 1.165) is 4.47 Å². The van der Waals surface area contributed by atoms with Crippen molar-refractivity contribution in [2.75, 3.05) is 0 Å². The van der Waals surface area contributed by atoms with Gasteiger partial charge >= 0.3 is 5.97 Å². The number of ether oxygens (including phenoxy) is 1. The van der Waals surface area contributed by atoms with Crippen LogP contribution in [0, 0.1) is 0 Å². The lowest BCUT2D eigenvalue weighted by Crippen LogP contribution is -2.02. The predicted molar refractivity (Wildman–Crippen MR) is 73.1 cm³/mol. The Morgan fingerprint density at radius 1 is 1.22 bits per heavy atom. The number of pyridine rings is 1. The third-order valence-electron chi connectivity index (χ3n) is 2.06. The minimum absolute atomic E-state index is 0.00403. The number of aromatic nitrogens is 1. The van der Waals surface area contributed by atoms with Crippen LogP contribution < -0.4 is 4.74 Å². The number of carbonyl (C=O) groups is 1. The monoisotopic (exact) mass is 371 g/mol. The normalized spacial score (nSPS) is 10.1. The molecule has 1 aromatic carbocycles. The zero-order valence-corrected chi connectivity index (χ0v) is 12.1. The quantitative estimate of drug-likeness (QED) is 0.881. The molecule has 2 rings (SSSR count). The highest BCUT2D eigenvalue weighted by molar-refractivity contribution is 9.10. The van der Waals surface area contributed by atoms with E-state index in [2.05, 4.69) is 36.8 Å². The van der Waals surface area contributed by atoms with Crippen molar-refractivity contribution in [3.63, 3.8) is 0 Å². The number of rotatable bonds is 3. The Balaban J connectivity index is 2.37. The molecule has 0 bridgehead atoms. The van der Waals surface area contributed by atoms with Crippen molar-refractivity contribution in [2.45, 2.75) is 0 Å². The molecule has 0 radical (unpaired) electrons. The van der Waals surface area contributed by atoms with E-state index in [9.17, 15) is 4.79 Å². The summed E-state index contributed by atoms with van der Waals surface area (Å²) < 4.78 is 6.89. The summed E-state index contributed by atoms with van der Waals surface area (Å²) in [5, 5.41) is 9.07. The van der Waals surface area contributed by atoms with Gasteiger partial charge in [-0.25, -0.2) is 9.78 Å². The fraction of sp³-hybridized carbons (Fsp3) is 0. The number of carboxylic acids is 1. The molecule has 2 aromatic rings. The van der Waals surface area contributed by atoms with Crippen LogP contribution in [0.15, 0.2) is 45.5 Å². The molecule has 0 atom stereocenters. The molecule has 1 aromatic heterocycles. The van der Waals surface area contributed by atoms with Crippen molar-refractivity contribution in [2.24, 2.45) is 0 Å². The molecule has 0 fully saturated rings. The molecule has 0 amide bonds. The van der Waals surface area contributed by atoms with Crippen LogP contribution in [0.4, 0.5) is 0 Å². The van der Waals surface area contributed by atoms with Crippen molar-refractivity contribution in [3.8, 4) is 11.6 Å². The molecule has 0 aliphatic carbocycles. The summed E-state index contributed by atoms with van der Waals surface area (Å²) in [6, 6.07) is 8.54. The third-order valence-corrected chi connectivity index (χ3v) is 2.99. The third kappa shape index (κ3) is 3.08. The zero-order chi connectivity index (χ0) is 13.1. The molecule has 1 heterocycles. The number of halogens is 2. The Morgan fingerprint density at radius 3 is 2.67 bits per heavy atom. The Labute approximate surface area is 120 Å². The van der Waals surface area contributed by atoms with Crippen molar-refractivity contribution < 1.29 is 14.6 Å². The van der Waals surface area contributed by atoms with E-state index in [1.165, 1.54) is 12.3 Å². The second-order valence-corrected chi connectivity index (χ2v) is 5.20. The van der Waals surface area contributed by atoms with Crippen LogP contribution in [0.5, 0.6) is 11.6 Å². The Bertz CT molecular complexity index is 602. The van der Waals surface area contributed by atoms with Crippen LogP contribution in [0.2, 0.25) is 0 Å². The summed E-state index contributed by atoms with van der Waals surface area (Å²) in [5.41, 5.74) is 0.00403. The van der Waals surface area contributed by atoms with E-state index >= 15 is 0 Å². The second-order valence-electron chi connectivity index (χ2n) is 3.37. The molecule has 6 heteroatoms. The first-order valence-corrected chi connectivity index (χ1v) is 6.47. The molecule has 0 aliphatic rings. The van der Waals surface area contributed by atoms with E-state index in [-0.39, 0.29) is 11.4 Å². The van der Waals surface area contributed by atoms with Crippen molar-refractivity contribution in [1.82, 2.24) is 4.98 Å². The van der Waals surface area contributed by atoms with E-state index in [4.69, 9.17) is 9.84 Å². The highest BCUT2D eigenvalue weighted by Gasteiger charge is 2.14.